The fraction of sp³-hybridized carbons (Fsp3) is 0.133. The van der Waals surface area contributed by atoms with Gasteiger partial charge in [0.15, 0.2) is 5.69 Å². The van der Waals surface area contributed by atoms with Crippen LogP contribution in [0.4, 0.5) is 11.6 Å². The molecule has 0 atom stereocenters. The van der Waals surface area contributed by atoms with Gasteiger partial charge in [0.25, 0.3) is 5.56 Å². The van der Waals surface area contributed by atoms with Crippen LogP contribution in [0.3, 0.4) is 0 Å². The molecule has 0 aliphatic carbocycles. The molecule has 0 spiro atoms. The third-order valence-electron chi connectivity index (χ3n) is 3.31. The first kappa shape index (κ1) is 13.5. The predicted octanol–water partition coefficient (Wildman–Crippen LogP) is 3.25. The number of nitrogens with one attached hydrogen (secondary N) is 2. The van der Waals surface area contributed by atoms with Crippen LogP contribution < -0.4 is 10.9 Å². The lowest BCUT2D eigenvalue weighted by Gasteiger charge is -2.10. The molecular weight excluding hydrogens is 284 g/mol. The van der Waals surface area contributed by atoms with Gasteiger partial charge in [0.1, 0.15) is 0 Å². The predicted molar refractivity (Wildman–Crippen MR) is 85.2 cm³/mol. The number of aromatic nitrogens is 3. The number of rotatable bonds is 3. The van der Waals surface area contributed by atoms with E-state index in [9.17, 15) is 4.79 Å². The highest BCUT2D eigenvalue weighted by Crippen LogP contribution is 2.21. The van der Waals surface area contributed by atoms with Crippen molar-refractivity contribution >= 4 is 23.0 Å². The van der Waals surface area contributed by atoms with Gasteiger partial charge in [-0.1, -0.05) is 18.2 Å². The lowest BCUT2D eigenvalue weighted by molar-refractivity contribution is 0.963. The van der Waals surface area contributed by atoms with Gasteiger partial charge < -0.3 is 5.32 Å². The maximum Gasteiger partial charge on any atom is 0.280 e. The molecule has 5 nitrogen and oxygen atoms in total. The Labute approximate surface area is 125 Å². The van der Waals surface area contributed by atoms with Crippen LogP contribution in [0.15, 0.2) is 40.5 Å². The van der Waals surface area contributed by atoms with Gasteiger partial charge in [-0.15, -0.1) is 21.5 Å². The van der Waals surface area contributed by atoms with Crippen molar-refractivity contribution in [1.82, 2.24) is 15.2 Å². The number of aromatic amines is 1. The molecule has 21 heavy (non-hydrogen) atoms. The molecule has 0 fully saturated rings. The van der Waals surface area contributed by atoms with Crippen molar-refractivity contribution in [3.05, 3.63) is 57.2 Å². The average Bonchev–Trinajstić information content (AvgIpc) is 2.98. The molecule has 0 bridgehead atoms. The number of H-pyrrole nitrogens is 1. The third-order valence-corrected chi connectivity index (χ3v) is 4.19. The van der Waals surface area contributed by atoms with E-state index in [1.54, 1.807) is 0 Å². The van der Waals surface area contributed by atoms with Crippen molar-refractivity contribution < 1.29 is 0 Å². The molecule has 0 unspecified atom stereocenters. The van der Waals surface area contributed by atoms with Gasteiger partial charge in [0.2, 0.25) is 5.95 Å². The molecule has 1 aromatic carbocycles. The standard InChI is InChI=1S/C15H14N4OS/c1-9-5-3-6-11(10(9)2)16-15-17-14(20)13(18-19-15)12-7-4-8-21-12/h3-8H,1-2H3,(H2,16,17,19,20). The zero-order valence-corrected chi connectivity index (χ0v) is 12.5. The van der Waals surface area contributed by atoms with Crippen LogP contribution in [0.25, 0.3) is 10.6 Å². The molecule has 2 heterocycles. The summed E-state index contributed by atoms with van der Waals surface area (Å²) in [6, 6.07) is 9.66. The Morgan fingerprint density at radius 1 is 1.14 bits per heavy atom. The molecule has 0 amide bonds. The summed E-state index contributed by atoms with van der Waals surface area (Å²) in [6.45, 7) is 4.05. The molecule has 3 rings (SSSR count). The summed E-state index contributed by atoms with van der Waals surface area (Å²) in [5, 5.41) is 13.1. The lowest BCUT2D eigenvalue weighted by atomic mass is 10.1. The van der Waals surface area contributed by atoms with Crippen LogP contribution in [0.1, 0.15) is 11.1 Å². The van der Waals surface area contributed by atoms with Crippen molar-refractivity contribution in [2.75, 3.05) is 5.32 Å². The number of anilines is 2. The lowest BCUT2D eigenvalue weighted by Crippen LogP contribution is -2.15. The first-order valence-electron chi connectivity index (χ1n) is 6.49. The monoisotopic (exact) mass is 298 g/mol. The molecule has 3 aromatic rings. The molecule has 6 heteroatoms. The summed E-state index contributed by atoms with van der Waals surface area (Å²) in [7, 11) is 0. The molecule has 0 aliphatic rings. The van der Waals surface area contributed by atoms with E-state index in [0.717, 1.165) is 16.1 Å². The summed E-state index contributed by atoms with van der Waals surface area (Å²) >= 11 is 1.46. The minimum absolute atomic E-state index is 0.250. The zero-order valence-electron chi connectivity index (χ0n) is 11.7. The maximum atomic E-state index is 12.1. The number of hydrogen-bond acceptors (Lipinski definition) is 5. The molecule has 0 radical (unpaired) electrons. The van der Waals surface area contributed by atoms with Gasteiger partial charge in [0, 0.05) is 5.69 Å². The number of hydrogen-bond donors (Lipinski definition) is 2. The molecule has 0 aliphatic heterocycles. The fourth-order valence-corrected chi connectivity index (χ4v) is 2.69. The molecule has 106 valence electrons. The number of thiophene rings is 1. The van der Waals surface area contributed by atoms with Gasteiger partial charge in [-0.05, 0) is 42.5 Å². The van der Waals surface area contributed by atoms with E-state index in [-0.39, 0.29) is 5.56 Å². The summed E-state index contributed by atoms with van der Waals surface area (Å²) in [5.74, 6) is 0.342. The highest BCUT2D eigenvalue weighted by molar-refractivity contribution is 7.13. The van der Waals surface area contributed by atoms with Crippen LogP contribution in [-0.2, 0) is 0 Å². The topological polar surface area (TPSA) is 70.7 Å². The van der Waals surface area contributed by atoms with Crippen LogP contribution in [0, 0.1) is 13.8 Å². The summed E-state index contributed by atoms with van der Waals surface area (Å²) in [5.41, 5.74) is 3.29. The Balaban J connectivity index is 1.93. The Morgan fingerprint density at radius 2 is 2.00 bits per heavy atom. The van der Waals surface area contributed by atoms with Gasteiger partial charge in [0.05, 0.1) is 4.88 Å². The van der Waals surface area contributed by atoms with Gasteiger partial charge in [-0.25, -0.2) is 0 Å². The highest BCUT2D eigenvalue weighted by Gasteiger charge is 2.09. The second-order valence-electron chi connectivity index (χ2n) is 4.70. The van der Waals surface area contributed by atoms with Gasteiger partial charge in [-0.3, -0.25) is 9.78 Å². The van der Waals surface area contributed by atoms with Crippen LogP contribution in [0.2, 0.25) is 0 Å². The van der Waals surface area contributed by atoms with E-state index in [2.05, 4.69) is 20.5 Å². The summed E-state index contributed by atoms with van der Waals surface area (Å²) < 4.78 is 0. The normalized spacial score (nSPS) is 10.6. The smallest absolute Gasteiger partial charge is 0.280 e. The van der Waals surface area contributed by atoms with Crippen molar-refractivity contribution in [1.29, 1.82) is 0 Å². The van der Waals surface area contributed by atoms with E-state index < -0.39 is 0 Å². The van der Waals surface area contributed by atoms with Crippen LogP contribution in [-0.4, -0.2) is 15.2 Å². The first-order valence-corrected chi connectivity index (χ1v) is 7.37. The third kappa shape index (κ3) is 2.71. The molecule has 0 saturated heterocycles. The largest absolute Gasteiger partial charge is 0.324 e. The summed E-state index contributed by atoms with van der Waals surface area (Å²) in [6.07, 6.45) is 0. The Bertz CT molecular complexity index is 824. The fourth-order valence-electron chi connectivity index (χ4n) is 1.98. The Kier molecular flexibility index (Phi) is 3.53. The molecule has 2 aromatic heterocycles. The van der Waals surface area contributed by atoms with Crippen LogP contribution in [0.5, 0.6) is 0 Å². The second kappa shape index (κ2) is 5.49. The Morgan fingerprint density at radius 3 is 2.71 bits per heavy atom. The molecule has 0 saturated carbocycles. The minimum atomic E-state index is -0.250. The zero-order chi connectivity index (χ0) is 14.8. The number of aryl methyl sites for hydroxylation is 1. The van der Waals surface area contributed by atoms with E-state index in [0.29, 0.717) is 11.6 Å². The van der Waals surface area contributed by atoms with E-state index in [1.807, 2.05) is 49.6 Å². The van der Waals surface area contributed by atoms with Gasteiger partial charge >= 0.3 is 0 Å². The van der Waals surface area contributed by atoms with E-state index in [4.69, 9.17) is 0 Å². The molecular formula is C15H14N4OS. The van der Waals surface area contributed by atoms with E-state index >= 15 is 0 Å². The van der Waals surface area contributed by atoms with Gasteiger partial charge in [-0.2, -0.15) is 0 Å². The Hall–Kier alpha value is -2.47. The number of benzene rings is 1. The van der Waals surface area contributed by atoms with Crippen molar-refractivity contribution in [3.8, 4) is 10.6 Å². The van der Waals surface area contributed by atoms with E-state index in [1.165, 1.54) is 16.9 Å². The minimum Gasteiger partial charge on any atom is -0.324 e. The quantitative estimate of drug-likeness (QED) is 0.778. The number of nitrogens with zero attached hydrogens (tertiary/aromatic N) is 2. The summed E-state index contributed by atoms with van der Waals surface area (Å²) in [4.78, 5) is 15.6. The highest BCUT2D eigenvalue weighted by atomic mass is 32.1. The average molecular weight is 298 g/mol. The van der Waals surface area contributed by atoms with Crippen molar-refractivity contribution in [2.24, 2.45) is 0 Å². The van der Waals surface area contributed by atoms with Crippen molar-refractivity contribution in [2.45, 2.75) is 13.8 Å². The SMILES string of the molecule is Cc1cccc(Nc2nnc(-c3cccs3)c(=O)[nH]2)c1C. The van der Waals surface area contributed by atoms with Crippen LogP contribution >= 0.6 is 11.3 Å². The second-order valence-corrected chi connectivity index (χ2v) is 5.65. The maximum absolute atomic E-state index is 12.1. The molecule has 2 N–H and O–H groups in total. The van der Waals surface area contributed by atoms with Crippen molar-refractivity contribution in [3.63, 3.8) is 0 Å². The first-order chi connectivity index (χ1) is 10.1.